The summed E-state index contributed by atoms with van der Waals surface area (Å²) in [6.07, 6.45) is 8.06. The van der Waals surface area contributed by atoms with Crippen molar-refractivity contribution < 1.29 is 14.3 Å². The van der Waals surface area contributed by atoms with Crippen molar-refractivity contribution in [3.8, 4) is 5.75 Å². The summed E-state index contributed by atoms with van der Waals surface area (Å²) in [5.41, 5.74) is 2.09. The zero-order chi connectivity index (χ0) is 19.0. The van der Waals surface area contributed by atoms with E-state index < -0.39 is 0 Å². The molecule has 4 rings (SSSR count). The number of phenols is 1. The molecule has 1 saturated carbocycles. The molecule has 146 valence electrons. The molecule has 2 N–H and O–H groups in total. The van der Waals surface area contributed by atoms with Crippen molar-refractivity contribution in [3.63, 3.8) is 0 Å². The third-order valence-electron chi connectivity index (χ3n) is 6.33. The Balaban J connectivity index is 1.71. The lowest BCUT2D eigenvalue weighted by atomic mass is 9.99. The molecule has 0 unspecified atom stereocenters. The fourth-order valence-electron chi connectivity index (χ4n) is 4.72. The van der Waals surface area contributed by atoms with Crippen LogP contribution in [0.4, 0.5) is 0 Å². The Kier molecular flexibility index (Phi) is 5.13. The highest BCUT2D eigenvalue weighted by atomic mass is 16.3. The molecule has 2 fully saturated rings. The smallest absolute Gasteiger partial charge is 0.255 e. The Hall–Kier alpha value is -2.01. The van der Waals surface area contributed by atoms with E-state index in [2.05, 4.69) is 17.1 Å². The van der Waals surface area contributed by atoms with Crippen LogP contribution in [0.3, 0.4) is 0 Å². The summed E-state index contributed by atoms with van der Waals surface area (Å²) in [6, 6.07) is 4.20. The van der Waals surface area contributed by atoms with Crippen LogP contribution in [0.2, 0.25) is 0 Å². The average molecular weight is 370 g/mol. The molecule has 1 aromatic carbocycles. The molecule has 2 aliphatic rings. The quantitative estimate of drug-likeness (QED) is 0.832. The Morgan fingerprint density at radius 2 is 1.96 bits per heavy atom. The van der Waals surface area contributed by atoms with E-state index in [1.54, 1.807) is 12.1 Å². The van der Waals surface area contributed by atoms with E-state index in [4.69, 9.17) is 4.42 Å². The number of carbonyl (C=O) groups is 1. The van der Waals surface area contributed by atoms with Crippen LogP contribution < -0.4 is 5.32 Å². The van der Waals surface area contributed by atoms with E-state index >= 15 is 0 Å². The third kappa shape index (κ3) is 3.57. The first-order valence-corrected chi connectivity index (χ1v) is 10.3. The molecular formula is C22H30N2O3. The van der Waals surface area contributed by atoms with Gasteiger partial charge in [-0.05, 0) is 58.2 Å². The fraction of sp³-hybridized carbons (Fsp3) is 0.591. The number of piperidine rings is 1. The topological polar surface area (TPSA) is 65.7 Å². The van der Waals surface area contributed by atoms with Gasteiger partial charge >= 0.3 is 0 Å². The van der Waals surface area contributed by atoms with Gasteiger partial charge in [-0.25, -0.2) is 0 Å². The number of aromatic hydroxyl groups is 1. The molecule has 1 saturated heterocycles. The second-order valence-electron chi connectivity index (χ2n) is 8.24. The van der Waals surface area contributed by atoms with Crippen molar-refractivity contribution in [1.82, 2.24) is 10.2 Å². The summed E-state index contributed by atoms with van der Waals surface area (Å²) in [5, 5.41) is 14.6. The van der Waals surface area contributed by atoms with Crippen LogP contribution in [0, 0.1) is 6.92 Å². The van der Waals surface area contributed by atoms with Crippen LogP contribution in [0.15, 0.2) is 16.5 Å². The van der Waals surface area contributed by atoms with Gasteiger partial charge in [0.1, 0.15) is 17.1 Å². The van der Waals surface area contributed by atoms with Gasteiger partial charge in [0.2, 0.25) is 0 Å². The second-order valence-corrected chi connectivity index (χ2v) is 8.24. The van der Waals surface area contributed by atoms with Gasteiger partial charge in [0.15, 0.2) is 0 Å². The average Bonchev–Trinajstić information content (AvgIpc) is 3.26. The van der Waals surface area contributed by atoms with Gasteiger partial charge in [0, 0.05) is 29.6 Å². The number of nitrogens with one attached hydrogen (secondary N) is 1. The molecule has 5 nitrogen and oxygen atoms in total. The molecule has 1 aromatic heterocycles. The van der Waals surface area contributed by atoms with E-state index in [1.165, 1.54) is 32.1 Å². The van der Waals surface area contributed by atoms with E-state index in [-0.39, 0.29) is 17.7 Å². The van der Waals surface area contributed by atoms with E-state index in [9.17, 15) is 9.90 Å². The molecule has 1 aliphatic heterocycles. The molecule has 1 amide bonds. The Labute approximate surface area is 160 Å². The number of rotatable bonds is 4. The molecule has 2 heterocycles. The number of furan rings is 1. The lowest BCUT2D eigenvalue weighted by molar-refractivity contribution is 0.0937. The van der Waals surface area contributed by atoms with Gasteiger partial charge < -0.3 is 14.8 Å². The van der Waals surface area contributed by atoms with Crippen molar-refractivity contribution in [3.05, 3.63) is 29.0 Å². The van der Waals surface area contributed by atoms with Gasteiger partial charge in [0.25, 0.3) is 5.91 Å². The number of aryl methyl sites for hydroxylation is 1. The van der Waals surface area contributed by atoms with Crippen LogP contribution in [0.1, 0.15) is 73.6 Å². The summed E-state index contributed by atoms with van der Waals surface area (Å²) in [7, 11) is 0. The number of nitrogens with zero attached hydrogens (tertiary/aromatic N) is 1. The largest absolute Gasteiger partial charge is 0.508 e. The van der Waals surface area contributed by atoms with Crippen molar-refractivity contribution in [2.45, 2.75) is 77.4 Å². The number of hydrogen-bond donors (Lipinski definition) is 2. The first kappa shape index (κ1) is 18.4. The summed E-state index contributed by atoms with van der Waals surface area (Å²) in [6.45, 7) is 5.75. The normalized spacial score (nSPS) is 21.8. The Bertz CT molecular complexity index is 836. The van der Waals surface area contributed by atoms with Crippen molar-refractivity contribution in [2.75, 3.05) is 6.54 Å². The van der Waals surface area contributed by atoms with E-state index in [0.29, 0.717) is 29.5 Å². The third-order valence-corrected chi connectivity index (χ3v) is 6.33. The van der Waals surface area contributed by atoms with Crippen molar-refractivity contribution in [2.24, 2.45) is 0 Å². The predicted molar refractivity (Wildman–Crippen MR) is 106 cm³/mol. The summed E-state index contributed by atoms with van der Waals surface area (Å²) < 4.78 is 5.91. The number of fused-ring (bicyclic) bond motifs is 1. The number of benzene rings is 1. The maximum atomic E-state index is 13.1. The first-order chi connectivity index (χ1) is 13.0. The van der Waals surface area contributed by atoms with Gasteiger partial charge in [-0.15, -0.1) is 0 Å². The van der Waals surface area contributed by atoms with Gasteiger partial charge in [0.05, 0.1) is 5.56 Å². The maximum Gasteiger partial charge on any atom is 0.255 e. The SMILES string of the molecule is Cc1oc2ccc(O)c(CN3CCCC[C@H]3C)c2c1C(=O)NC1CCCC1. The molecule has 0 spiro atoms. The minimum Gasteiger partial charge on any atom is -0.508 e. The van der Waals surface area contributed by atoms with Crippen molar-refractivity contribution >= 4 is 16.9 Å². The summed E-state index contributed by atoms with van der Waals surface area (Å²) in [4.78, 5) is 15.5. The number of hydrogen-bond acceptors (Lipinski definition) is 4. The molecule has 5 heteroatoms. The molecule has 2 aromatic rings. The Morgan fingerprint density at radius 1 is 1.22 bits per heavy atom. The lowest BCUT2D eigenvalue weighted by Gasteiger charge is -2.33. The van der Waals surface area contributed by atoms with Gasteiger partial charge in [-0.3, -0.25) is 9.69 Å². The number of carbonyl (C=O) groups excluding carboxylic acids is 1. The van der Waals surface area contributed by atoms with Gasteiger partial charge in [-0.2, -0.15) is 0 Å². The maximum absolute atomic E-state index is 13.1. The van der Waals surface area contributed by atoms with E-state index in [0.717, 1.165) is 30.3 Å². The minimum absolute atomic E-state index is 0.0725. The Morgan fingerprint density at radius 3 is 2.70 bits per heavy atom. The number of phenolic OH excluding ortho intramolecular Hbond substituents is 1. The molecule has 27 heavy (non-hydrogen) atoms. The molecular weight excluding hydrogens is 340 g/mol. The van der Waals surface area contributed by atoms with Crippen molar-refractivity contribution in [1.29, 1.82) is 0 Å². The molecule has 1 aliphatic carbocycles. The van der Waals surface area contributed by atoms with Gasteiger partial charge in [-0.1, -0.05) is 19.3 Å². The zero-order valence-electron chi connectivity index (χ0n) is 16.4. The van der Waals surface area contributed by atoms with Crippen LogP contribution >= 0.6 is 0 Å². The minimum atomic E-state index is -0.0725. The van der Waals surface area contributed by atoms with E-state index in [1.807, 2.05) is 6.92 Å². The van der Waals surface area contributed by atoms with Crippen LogP contribution in [0.5, 0.6) is 5.75 Å². The highest BCUT2D eigenvalue weighted by molar-refractivity contribution is 6.09. The lowest BCUT2D eigenvalue weighted by Crippen LogP contribution is -2.37. The molecule has 1 atom stereocenters. The molecule has 0 bridgehead atoms. The fourth-order valence-corrected chi connectivity index (χ4v) is 4.72. The zero-order valence-corrected chi connectivity index (χ0v) is 16.4. The first-order valence-electron chi connectivity index (χ1n) is 10.3. The summed E-state index contributed by atoms with van der Waals surface area (Å²) >= 11 is 0. The monoisotopic (exact) mass is 370 g/mol. The van der Waals surface area contributed by atoms with Crippen LogP contribution in [-0.4, -0.2) is 34.5 Å². The number of amides is 1. The summed E-state index contributed by atoms with van der Waals surface area (Å²) in [5.74, 6) is 0.798. The standard InChI is InChI=1S/C22H30N2O3/c1-14-7-5-6-12-24(14)13-17-18(25)10-11-19-21(17)20(15(2)27-19)22(26)23-16-8-3-4-9-16/h10-11,14,16,25H,3-9,12-13H2,1-2H3,(H,23,26)/t14-/m1/s1. The highest BCUT2D eigenvalue weighted by Crippen LogP contribution is 2.36. The van der Waals surface area contributed by atoms with Crippen LogP contribution in [-0.2, 0) is 6.54 Å². The highest BCUT2D eigenvalue weighted by Gasteiger charge is 2.27. The van der Waals surface area contributed by atoms with Crippen LogP contribution in [0.25, 0.3) is 11.0 Å². The predicted octanol–water partition coefficient (Wildman–Crippen LogP) is 4.49. The second kappa shape index (κ2) is 7.55. The molecule has 0 radical (unpaired) electrons. The number of likely N-dealkylation sites (tertiary alicyclic amines) is 1.